The minimum Gasteiger partial charge on any atom is -0.343 e. The van der Waals surface area contributed by atoms with Crippen molar-refractivity contribution in [2.75, 3.05) is 11.9 Å². The second-order valence-corrected chi connectivity index (χ2v) is 4.93. The summed E-state index contributed by atoms with van der Waals surface area (Å²) in [5.41, 5.74) is 0.575. The highest BCUT2D eigenvalue weighted by Crippen LogP contribution is 2.13. The second-order valence-electron chi connectivity index (χ2n) is 4.93. The fourth-order valence-corrected chi connectivity index (χ4v) is 1.86. The van der Waals surface area contributed by atoms with Gasteiger partial charge in [-0.05, 0) is 35.9 Å². The summed E-state index contributed by atoms with van der Waals surface area (Å²) in [6, 6.07) is 11.3. The molecule has 0 bridgehead atoms. The number of hydrogen-bond donors (Lipinski definition) is 2. The highest BCUT2D eigenvalue weighted by molar-refractivity contribution is 5.98. The van der Waals surface area contributed by atoms with E-state index in [1.807, 2.05) is 0 Å². The molecule has 2 aromatic rings. The van der Waals surface area contributed by atoms with Gasteiger partial charge < -0.3 is 10.6 Å². The Morgan fingerprint density at radius 1 is 1.12 bits per heavy atom. The van der Waals surface area contributed by atoms with Gasteiger partial charge in [0.2, 0.25) is 11.8 Å². The number of rotatable bonds is 6. The lowest BCUT2D eigenvalue weighted by Crippen LogP contribution is -2.31. The molecule has 8 heteroatoms. The lowest BCUT2D eigenvalue weighted by molar-refractivity contribution is -0.384. The first-order valence-corrected chi connectivity index (χ1v) is 7.20. The van der Waals surface area contributed by atoms with Crippen LogP contribution in [0.2, 0.25) is 0 Å². The molecule has 0 aromatic heterocycles. The smallest absolute Gasteiger partial charge is 0.269 e. The van der Waals surface area contributed by atoms with Crippen LogP contribution >= 0.6 is 0 Å². The Balaban J connectivity index is 1.82. The van der Waals surface area contributed by atoms with Crippen LogP contribution in [0.5, 0.6) is 0 Å². The third-order valence-corrected chi connectivity index (χ3v) is 3.10. The Morgan fingerprint density at radius 2 is 1.80 bits per heavy atom. The largest absolute Gasteiger partial charge is 0.343 e. The van der Waals surface area contributed by atoms with E-state index in [-0.39, 0.29) is 17.9 Å². The van der Waals surface area contributed by atoms with Crippen molar-refractivity contribution in [2.24, 2.45) is 0 Å². The van der Waals surface area contributed by atoms with Crippen LogP contribution in [0, 0.1) is 15.9 Å². The number of nitrogens with zero attached hydrogens (tertiary/aromatic N) is 1. The molecule has 2 rings (SSSR count). The molecule has 2 aromatic carbocycles. The van der Waals surface area contributed by atoms with Crippen LogP contribution in [0.15, 0.2) is 54.6 Å². The molecule has 0 aliphatic rings. The zero-order valence-electron chi connectivity index (χ0n) is 12.9. The van der Waals surface area contributed by atoms with E-state index in [9.17, 15) is 24.1 Å². The monoisotopic (exact) mass is 343 g/mol. The molecule has 0 saturated carbocycles. The normalized spacial score (nSPS) is 10.4. The topological polar surface area (TPSA) is 101 Å². The van der Waals surface area contributed by atoms with Gasteiger partial charge in [-0.2, -0.15) is 0 Å². The fraction of sp³-hybridized carbons (Fsp3) is 0.0588. The Kier molecular flexibility index (Phi) is 5.94. The maximum atomic E-state index is 13.4. The summed E-state index contributed by atoms with van der Waals surface area (Å²) >= 11 is 0. The van der Waals surface area contributed by atoms with Gasteiger partial charge in [0.25, 0.3) is 5.69 Å². The van der Waals surface area contributed by atoms with E-state index in [1.165, 1.54) is 54.6 Å². The number of amides is 2. The highest BCUT2D eigenvalue weighted by atomic mass is 19.1. The van der Waals surface area contributed by atoms with Crippen LogP contribution < -0.4 is 10.6 Å². The van der Waals surface area contributed by atoms with Crippen molar-refractivity contribution < 1.29 is 18.9 Å². The number of carbonyl (C=O) groups excluding carboxylic acids is 2. The first kappa shape index (κ1) is 17.8. The number of carbonyl (C=O) groups is 2. The van der Waals surface area contributed by atoms with Gasteiger partial charge in [0.05, 0.1) is 17.2 Å². The van der Waals surface area contributed by atoms with E-state index in [4.69, 9.17) is 0 Å². The standard InChI is InChI=1S/C17H14FN3O4/c18-14-3-1-2-4-15(14)20-17(23)11-19-16(22)10-7-12-5-8-13(9-6-12)21(24)25/h1-10H,11H2,(H,19,22)(H,20,23)/b10-7+. The van der Waals surface area contributed by atoms with Gasteiger partial charge >= 0.3 is 0 Å². The van der Waals surface area contributed by atoms with E-state index in [2.05, 4.69) is 10.6 Å². The molecule has 25 heavy (non-hydrogen) atoms. The van der Waals surface area contributed by atoms with E-state index in [0.29, 0.717) is 5.56 Å². The lowest BCUT2D eigenvalue weighted by Gasteiger charge is -2.06. The number of halogens is 1. The molecule has 0 heterocycles. The minimum absolute atomic E-state index is 0.0307. The van der Waals surface area contributed by atoms with Crippen molar-refractivity contribution in [1.82, 2.24) is 5.32 Å². The zero-order chi connectivity index (χ0) is 18.2. The minimum atomic E-state index is -0.569. The molecule has 0 aliphatic carbocycles. The summed E-state index contributed by atoms with van der Waals surface area (Å²) in [4.78, 5) is 33.3. The number of non-ortho nitro benzene ring substituents is 1. The van der Waals surface area contributed by atoms with Crippen molar-refractivity contribution in [3.63, 3.8) is 0 Å². The van der Waals surface area contributed by atoms with Crippen molar-refractivity contribution >= 4 is 29.3 Å². The fourth-order valence-electron chi connectivity index (χ4n) is 1.86. The van der Waals surface area contributed by atoms with Crippen LogP contribution in [0.4, 0.5) is 15.8 Å². The Morgan fingerprint density at radius 3 is 2.44 bits per heavy atom. The van der Waals surface area contributed by atoms with Crippen molar-refractivity contribution in [2.45, 2.75) is 0 Å². The van der Waals surface area contributed by atoms with Crippen LogP contribution in [-0.2, 0) is 9.59 Å². The number of nitro groups is 1. The van der Waals surface area contributed by atoms with E-state index >= 15 is 0 Å². The average Bonchev–Trinajstić information content (AvgIpc) is 2.60. The predicted octanol–water partition coefficient (Wildman–Crippen LogP) is 2.50. The van der Waals surface area contributed by atoms with E-state index in [0.717, 1.165) is 0 Å². The number of hydrogen-bond acceptors (Lipinski definition) is 4. The average molecular weight is 343 g/mol. The molecule has 0 atom stereocenters. The Bertz CT molecular complexity index is 819. The molecule has 0 fully saturated rings. The highest BCUT2D eigenvalue weighted by Gasteiger charge is 2.07. The van der Waals surface area contributed by atoms with Crippen LogP contribution in [0.25, 0.3) is 6.08 Å². The molecule has 0 aliphatic heterocycles. The van der Waals surface area contributed by atoms with Crippen LogP contribution in [0.3, 0.4) is 0 Å². The first-order chi connectivity index (χ1) is 12.0. The van der Waals surface area contributed by atoms with Crippen molar-refractivity contribution in [1.29, 1.82) is 0 Å². The molecule has 128 valence electrons. The predicted molar refractivity (Wildman–Crippen MR) is 90.2 cm³/mol. The molecule has 0 saturated heterocycles. The summed E-state index contributed by atoms with van der Waals surface area (Å²) in [6.45, 7) is -0.322. The summed E-state index contributed by atoms with van der Waals surface area (Å²) in [7, 11) is 0. The van der Waals surface area contributed by atoms with Gasteiger partial charge in [-0.15, -0.1) is 0 Å². The number of anilines is 1. The molecule has 2 N–H and O–H groups in total. The van der Waals surface area contributed by atoms with Gasteiger partial charge in [-0.1, -0.05) is 12.1 Å². The quantitative estimate of drug-likeness (QED) is 0.478. The zero-order valence-corrected chi connectivity index (χ0v) is 12.9. The summed E-state index contributed by atoms with van der Waals surface area (Å²) < 4.78 is 13.4. The van der Waals surface area contributed by atoms with Crippen molar-refractivity contribution in [3.05, 3.63) is 76.1 Å². The number of nitrogens with one attached hydrogen (secondary N) is 2. The maximum absolute atomic E-state index is 13.4. The maximum Gasteiger partial charge on any atom is 0.269 e. The number of nitro benzene ring substituents is 1. The SMILES string of the molecule is O=C(/C=C/c1ccc([N+](=O)[O-])cc1)NCC(=O)Nc1ccccc1F. The second kappa shape index (κ2) is 8.34. The summed E-state index contributed by atoms with van der Waals surface area (Å²) in [6.07, 6.45) is 2.64. The van der Waals surface area contributed by atoms with Crippen molar-refractivity contribution in [3.8, 4) is 0 Å². The summed E-state index contributed by atoms with van der Waals surface area (Å²) in [5.74, 6) is -1.66. The number of para-hydroxylation sites is 1. The van der Waals surface area contributed by atoms with Gasteiger partial charge in [0.15, 0.2) is 0 Å². The van der Waals surface area contributed by atoms with Gasteiger partial charge in [-0.3, -0.25) is 19.7 Å². The van der Waals surface area contributed by atoms with E-state index < -0.39 is 22.6 Å². The van der Waals surface area contributed by atoms with Crippen LogP contribution in [0.1, 0.15) is 5.56 Å². The molecule has 0 spiro atoms. The molecule has 0 unspecified atom stereocenters. The number of benzene rings is 2. The van der Waals surface area contributed by atoms with Crippen LogP contribution in [-0.4, -0.2) is 23.3 Å². The molecule has 2 amide bonds. The van der Waals surface area contributed by atoms with E-state index in [1.54, 1.807) is 6.07 Å². The Labute approximate surface area is 142 Å². The lowest BCUT2D eigenvalue weighted by atomic mass is 10.2. The summed E-state index contributed by atoms with van der Waals surface area (Å²) in [5, 5.41) is 15.2. The van der Waals surface area contributed by atoms with Gasteiger partial charge in [-0.25, -0.2) is 4.39 Å². The molecule has 0 radical (unpaired) electrons. The van der Waals surface area contributed by atoms with Gasteiger partial charge in [0, 0.05) is 18.2 Å². The molecular weight excluding hydrogens is 329 g/mol. The van der Waals surface area contributed by atoms with Gasteiger partial charge in [0.1, 0.15) is 5.82 Å². The first-order valence-electron chi connectivity index (χ1n) is 7.20. The molecule has 7 nitrogen and oxygen atoms in total. The molecular formula is C17H14FN3O4. The third-order valence-electron chi connectivity index (χ3n) is 3.10. The third kappa shape index (κ3) is 5.54. The Hall–Kier alpha value is -3.55.